The molecule has 22 heavy (non-hydrogen) atoms. The summed E-state index contributed by atoms with van der Waals surface area (Å²) in [5, 5.41) is 13.3. The number of hydrogen-bond acceptors (Lipinski definition) is 4. The summed E-state index contributed by atoms with van der Waals surface area (Å²) in [7, 11) is 0. The summed E-state index contributed by atoms with van der Waals surface area (Å²) < 4.78 is 1.84. The van der Waals surface area contributed by atoms with Gasteiger partial charge >= 0.3 is 0 Å². The van der Waals surface area contributed by atoms with Gasteiger partial charge in [0.15, 0.2) is 0 Å². The quantitative estimate of drug-likeness (QED) is 0.664. The molecule has 1 aromatic carbocycles. The molecule has 2 aromatic rings. The van der Waals surface area contributed by atoms with Gasteiger partial charge in [-0.1, -0.05) is 22.0 Å². The van der Waals surface area contributed by atoms with Crippen molar-refractivity contribution in [3.8, 4) is 0 Å². The molecule has 0 aliphatic carbocycles. The summed E-state index contributed by atoms with van der Waals surface area (Å²) in [6, 6.07) is 7.47. The Morgan fingerprint density at radius 2 is 2.09 bits per heavy atom. The van der Waals surface area contributed by atoms with Gasteiger partial charge in [-0.15, -0.1) is 0 Å². The van der Waals surface area contributed by atoms with Crippen molar-refractivity contribution in [1.82, 2.24) is 4.57 Å². The molecule has 7 nitrogen and oxygen atoms in total. The van der Waals surface area contributed by atoms with Crippen LogP contribution in [0.2, 0.25) is 0 Å². The van der Waals surface area contributed by atoms with E-state index in [1.54, 1.807) is 12.1 Å². The molecule has 0 saturated carbocycles. The molecule has 114 valence electrons. The van der Waals surface area contributed by atoms with Crippen molar-refractivity contribution in [3.63, 3.8) is 0 Å². The fraction of sp³-hybridized carbons (Fsp3) is 0.143. The smallest absolute Gasteiger partial charge is 0.285 e. The van der Waals surface area contributed by atoms with Crippen molar-refractivity contribution in [1.29, 1.82) is 0 Å². The summed E-state index contributed by atoms with van der Waals surface area (Å²) in [4.78, 5) is 33.7. The number of carbonyl (C=O) groups is 1. The van der Waals surface area contributed by atoms with Gasteiger partial charge in [0, 0.05) is 22.3 Å². The molecule has 0 fully saturated rings. The molecule has 0 saturated heterocycles. The maximum absolute atomic E-state index is 12.0. The van der Waals surface area contributed by atoms with Crippen molar-refractivity contribution in [3.05, 3.63) is 67.0 Å². The third-order valence-corrected chi connectivity index (χ3v) is 3.80. The van der Waals surface area contributed by atoms with Gasteiger partial charge in [-0.25, -0.2) is 0 Å². The highest BCUT2D eigenvalue weighted by molar-refractivity contribution is 9.10. The van der Waals surface area contributed by atoms with Crippen molar-refractivity contribution in [2.24, 2.45) is 0 Å². The molecule has 8 heteroatoms. The van der Waals surface area contributed by atoms with Crippen LogP contribution >= 0.6 is 15.9 Å². The Morgan fingerprint density at radius 1 is 1.36 bits per heavy atom. The Kier molecular flexibility index (Phi) is 4.71. The van der Waals surface area contributed by atoms with Gasteiger partial charge in [0.05, 0.1) is 11.1 Å². The molecule has 1 aromatic heterocycles. The van der Waals surface area contributed by atoms with Crippen LogP contribution in [0, 0.1) is 17.0 Å². The monoisotopic (exact) mass is 365 g/mol. The summed E-state index contributed by atoms with van der Waals surface area (Å²) in [6.45, 7) is 1.62. The maximum Gasteiger partial charge on any atom is 0.285 e. The Labute approximate surface area is 133 Å². The average Bonchev–Trinajstić information content (AvgIpc) is 2.45. The lowest BCUT2D eigenvalue weighted by Gasteiger charge is -2.08. The minimum atomic E-state index is -0.620. The lowest BCUT2D eigenvalue weighted by molar-refractivity contribution is -0.385. The first-order valence-electron chi connectivity index (χ1n) is 6.27. The van der Waals surface area contributed by atoms with Crippen LogP contribution in [0.1, 0.15) is 5.56 Å². The highest BCUT2D eigenvalue weighted by Crippen LogP contribution is 2.20. The van der Waals surface area contributed by atoms with Crippen molar-refractivity contribution in [2.45, 2.75) is 13.5 Å². The first-order valence-corrected chi connectivity index (χ1v) is 7.07. The topological polar surface area (TPSA) is 94.2 Å². The number of nitrogens with one attached hydrogen (secondary N) is 1. The summed E-state index contributed by atoms with van der Waals surface area (Å²) in [5.74, 6) is -0.446. The maximum atomic E-state index is 12.0. The van der Waals surface area contributed by atoms with Crippen LogP contribution in [0.15, 0.2) is 45.8 Å². The van der Waals surface area contributed by atoms with E-state index in [4.69, 9.17) is 0 Å². The fourth-order valence-electron chi connectivity index (χ4n) is 1.78. The van der Waals surface area contributed by atoms with Crippen LogP contribution in [0.3, 0.4) is 0 Å². The molecule has 1 heterocycles. The second kappa shape index (κ2) is 6.52. The lowest BCUT2D eigenvalue weighted by Crippen LogP contribution is -2.26. The van der Waals surface area contributed by atoms with Gasteiger partial charge in [-0.2, -0.15) is 0 Å². The van der Waals surface area contributed by atoms with Crippen LogP contribution in [-0.4, -0.2) is 15.4 Å². The number of carbonyl (C=O) groups excluding carboxylic acids is 1. The number of hydrogen-bond donors (Lipinski definition) is 1. The van der Waals surface area contributed by atoms with E-state index in [2.05, 4.69) is 21.2 Å². The highest BCUT2D eigenvalue weighted by Gasteiger charge is 2.11. The number of nitro groups is 1. The normalized spacial score (nSPS) is 10.3. The van der Waals surface area contributed by atoms with Crippen LogP contribution < -0.4 is 10.9 Å². The third kappa shape index (κ3) is 3.79. The Hall–Kier alpha value is -2.48. The SMILES string of the molecule is Cc1ccc(NC(=O)Cn2cc([N+](=O)[O-])ccc2=O)cc1Br. The molecule has 0 spiro atoms. The van der Waals surface area contributed by atoms with Gasteiger partial charge < -0.3 is 5.32 Å². The minimum absolute atomic E-state index is 0.245. The fourth-order valence-corrected chi connectivity index (χ4v) is 2.15. The Bertz CT molecular complexity index is 801. The second-order valence-electron chi connectivity index (χ2n) is 4.62. The Morgan fingerprint density at radius 3 is 2.73 bits per heavy atom. The van der Waals surface area contributed by atoms with Crippen LogP contribution in [0.5, 0.6) is 0 Å². The highest BCUT2D eigenvalue weighted by atomic mass is 79.9. The lowest BCUT2D eigenvalue weighted by atomic mass is 10.2. The van der Waals surface area contributed by atoms with E-state index in [9.17, 15) is 19.7 Å². The van der Waals surface area contributed by atoms with Crippen molar-refractivity contribution < 1.29 is 9.72 Å². The number of aryl methyl sites for hydroxylation is 1. The average molecular weight is 366 g/mol. The van der Waals surface area contributed by atoms with Gasteiger partial charge in [0.2, 0.25) is 5.91 Å². The molecule has 2 rings (SSSR count). The number of aromatic nitrogens is 1. The molecular weight excluding hydrogens is 354 g/mol. The first kappa shape index (κ1) is 15.9. The van der Waals surface area contributed by atoms with E-state index in [1.807, 2.05) is 13.0 Å². The number of amides is 1. The number of benzene rings is 1. The van der Waals surface area contributed by atoms with Gasteiger partial charge in [-0.05, 0) is 24.6 Å². The molecule has 0 unspecified atom stereocenters. The van der Waals surface area contributed by atoms with Crippen LogP contribution in [-0.2, 0) is 11.3 Å². The number of halogens is 1. The van der Waals surface area contributed by atoms with Crippen molar-refractivity contribution >= 4 is 33.2 Å². The predicted molar refractivity (Wildman–Crippen MR) is 84.9 cm³/mol. The van der Waals surface area contributed by atoms with Crippen LogP contribution in [0.4, 0.5) is 11.4 Å². The zero-order chi connectivity index (χ0) is 16.3. The number of nitrogens with zero attached hydrogens (tertiary/aromatic N) is 2. The predicted octanol–water partition coefficient (Wildman–Crippen LogP) is 2.47. The molecular formula is C14H12BrN3O4. The van der Waals surface area contributed by atoms with Gasteiger partial charge in [-0.3, -0.25) is 24.3 Å². The number of rotatable bonds is 4. The molecule has 0 atom stereocenters. The zero-order valence-electron chi connectivity index (χ0n) is 11.6. The summed E-state index contributed by atoms with van der Waals surface area (Å²) >= 11 is 3.36. The second-order valence-corrected chi connectivity index (χ2v) is 5.48. The molecule has 0 aliphatic rings. The summed E-state index contributed by atoms with van der Waals surface area (Å²) in [6.07, 6.45) is 1.05. The third-order valence-electron chi connectivity index (χ3n) is 2.95. The molecule has 1 amide bonds. The van der Waals surface area contributed by atoms with E-state index in [0.29, 0.717) is 5.69 Å². The van der Waals surface area contributed by atoms with E-state index >= 15 is 0 Å². The van der Waals surface area contributed by atoms with Gasteiger partial charge in [0.25, 0.3) is 11.2 Å². The zero-order valence-corrected chi connectivity index (χ0v) is 13.2. The molecule has 0 aliphatic heterocycles. The van der Waals surface area contributed by atoms with Crippen LogP contribution in [0.25, 0.3) is 0 Å². The van der Waals surface area contributed by atoms with E-state index in [1.165, 1.54) is 0 Å². The number of pyridine rings is 1. The molecule has 0 radical (unpaired) electrons. The molecule has 0 bridgehead atoms. The largest absolute Gasteiger partial charge is 0.324 e. The minimum Gasteiger partial charge on any atom is -0.324 e. The van der Waals surface area contributed by atoms with E-state index in [-0.39, 0.29) is 12.2 Å². The first-order chi connectivity index (χ1) is 10.4. The van der Waals surface area contributed by atoms with Crippen molar-refractivity contribution in [2.75, 3.05) is 5.32 Å². The molecule has 1 N–H and O–H groups in total. The van der Waals surface area contributed by atoms with E-state index in [0.717, 1.165) is 32.9 Å². The number of anilines is 1. The van der Waals surface area contributed by atoms with E-state index < -0.39 is 16.4 Å². The van der Waals surface area contributed by atoms with Gasteiger partial charge in [0.1, 0.15) is 6.54 Å². The Balaban J connectivity index is 2.15. The summed E-state index contributed by atoms with van der Waals surface area (Å²) in [5.41, 5.74) is 0.866. The standard InChI is InChI=1S/C14H12BrN3O4/c1-9-2-3-10(6-12(9)15)16-13(19)8-17-7-11(18(21)22)4-5-14(17)20/h2-7H,8H2,1H3,(H,16,19).